The maximum Gasteiger partial charge on any atom is 0.0876 e. The second kappa shape index (κ2) is 5.33. The Kier molecular flexibility index (Phi) is 3.51. The number of aryl methyl sites for hydroxylation is 1. The van der Waals surface area contributed by atoms with Gasteiger partial charge >= 0.3 is 0 Å². The van der Waals surface area contributed by atoms with Gasteiger partial charge < -0.3 is 5.11 Å². The average molecular weight is 284 g/mol. The summed E-state index contributed by atoms with van der Waals surface area (Å²) in [5, 5.41) is 20.3. The van der Waals surface area contributed by atoms with Crippen LogP contribution in [-0.4, -0.2) is 24.7 Å². The van der Waals surface area contributed by atoms with E-state index in [2.05, 4.69) is 24.0 Å². The van der Waals surface area contributed by atoms with Gasteiger partial charge in [-0.2, -0.15) is 10.2 Å². The van der Waals surface area contributed by atoms with Gasteiger partial charge in [0.05, 0.1) is 23.5 Å². The van der Waals surface area contributed by atoms with Crippen molar-refractivity contribution in [2.45, 2.75) is 32.4 Å². The Morgan fingerprint density at radius 1 is 1.24 bits per heavy atom. The van der Waals surface area contributed by atoms with Crippen LogP contribution in [-0.2, 0) is 13.5 Å². The molecule has 0 radical (unpaired) electrons. The van der Waals surface area contributed by atoms with Crippen LogP contribution in [0.3, 0.4) is 0 Å². The summed E-state index contributed by atoms with van der Waals surface area (Å²) in [6.45, 7) is 4.13. The fourth-order valence-electron chi connectivity index (χ4n) is 2.55. The van der Waals surface area contributed by atoms with Crippen molar-refractivity contribution in [3.8, 4) is 0 Å². The minimum Gasteiger partial charge on any atom is -0.388 e. The van der Waals surface area contributed by atoms with E-state index in [1.165, 1.54) is 0 Å². The summed E-state index contributed by atoms with van der Waals surface area (Å²) in [5.41, 5.74) is 2.83. The molecule has 0 saturated heterocycles. The van der Waals surface area contributed by atoms with Crippen LogP contribution >= 0.6 is 0 Å². The van der Waals surface area contributed by atoms with Gasteiger partial charge in [-0.15, -0.1) is 0 Å². The summed E-state index contributed by atoms with van der Waals surface area (Å²) in [5.74, 6) is 0. The van der Waals surface area contributed by atoms with Crippen molar-refractivity contribution in [3.05, 3.63) is 47.9 Å². The molecular formula is C16H20N4O. The molecule has 0 spiro atoms. The third-order valence-corrected chi connectivity index (χ3v) is 3.76. The molecule has 0 bridgehead atoms. The molecule has 1 N–H and O–H groups in total. The Hall–Kier alpha value is -2.14. The number of nitrogens with zero attached hydrogens (tertiary/aromatic N) is 4. The molecule has 2 heterocycles. The summed E-state index contributed by atoms with van der Waals surface area (Å²) in [6.07, 6.45) is 3.54. The highest BCUT2D eigenvalue weighted by atomic mass is 16.3. The summed E-state index contributed by atoms with van der Waals surface area (Å²) < 4.78 is 3.71. The molecule has 3 aromatic rings. The fourth-order valence-corrected chi connectivity index (χ4v) is 2.55. The highest BCUT2D eigenvalue weighted by Crippen LogP contribution is 2.24. The van der Waals surface area contributed by atoms with E-state index in [0.29, 0.717) is 12.5 Å². The predicted octanol–water partition coefficient (Wildman–Crippen LogP) is 2.63. The van der Waals surface area contributed by atoms with Crippen molar-refractivity contribution in [2.75, 3.05) is 0 Å². The Bertz CT molecular complexity index is 757. The standard InChI is InChI=1S/C16H20N4O/c1-11(2)20-10-12(9-17-20)16(21)8-14-13-6-4-5-7-15(13)19(3)18-14/h4-7,9-11,16,21H,8H2,1-3H3. The SMILES string of the molecule is CC(C)n1cc(C(O)Cc2nn(C)c3ccccc23)cn1. The number of para-hydroxylation sites is 1. The van der Waals surface area contributed by atoms with Crippen LogP contribution in [0.25, 0.3) is 10.9 Å². The number of aliphatic hydroxyl groups is 1. The van der Waals surface area contributed by atoms with Crippen LogP contribution < -0.4 is 0 Å². The molecule has 2 aromatic heterocycles. The lowest BCUT2D eigenvalue weighted by Gasteiger charge is -2.07. The highest BCUT2D eigenvalue weighted by molar-refractivity contribution is 5.81. The van der Waals surface area contributed by atoms with Crippen molar-refractivity contribution in [1.82, 2.24) is 19.6 Å². The highest BCUT2D eigenvalue weighted by Gasteiger charge is 2.16. The quantitative estimate of drug-likeness (QED) is 0.801. The molecule has 0 saturated carbocycles. The zero-order valence-corrected chi connectivity index (χ0v) is 12.6. The second-order valence-electron chi connectivity index (χ2n) is 5.65. The number of hydrogen-bond acceptors (Lipinski definition) is 3. The summed E-state index contributed by atoms with van der Waals surface area (Å²) >= 11 is 0. The maximum absolute atomic E-state index is 10.4. The summed E-state index contributed by atoms with van der Waals surface area (Å²) in [4.78, 5) is 0. The van der Waals surface area contributed by atoms with E-state index in [0.717, 1.165) is 22.2 Å². The van der Waals surface area contributed by atoms with Gasteiger partial charge in [0.1, 0.15) is 0 Å². The molecule has 3 rings (SSSR count). The Balaban J connectivity index is 1.87. The van der Waals surface area contributed by atoms with Gasteiger partial charge in [0.2, 0.25) is 0 Å². The monoisotopic (exact) mass is 284 g/mol. The van der Waals surface area contributed by atoms with Gasteiger partial charge in [0, 0.05) is 36.7 Å². The first kappa shape index (κ1) is 13.8. The van der Waals surface area contributed by atoms with E-state index in [-0.39, 0.29) is 0 Å². The molecule has 21 heavy (non-hydrogen) atoms. The van der Waals surface area contributed by atoms with E-state index in [4.69, 9.17) is 0 Å². The van der Waals surface area contributed by atoms with Crippen molar-refractivity contribution in [3.63, 3.8) is 0 Å². The number of benzene rings is 1. The summed E-state index contributed by atoms with van der Waals surface area (Å²) in [7, 11) is 1.93. The lowest BCUT2D eigenvalue weighted by Crippen LogP contribution is -2.03. The number of aliphatic hydroxyl groups excluding tert-OH is 1. The van der Waals surface area contributed by atoms with Gasteiger partial charge in [-0.25, -0.2) is 0 Å². The van der Waals surface area contributed by atoms with Crippen LogP contribution in [0.15, 0.2) is 36.7 Å². The minimum atomic E-state index is -0.587. The maximum atomic E-state index is 10.4. The van der Waals surface area contributed by atoms with E-state index >= 15 is 0 Å². The van der Waals surface area contributed by atoms with Gasteiger partial charge in [0.25, 0.3) is 0 Å². The number of aromatic nitrogens is 4. The zero-order chi connectivity index (χ0) is 15.0. The van der Waals surface area contributed by atoms with Crippen LogP contribution in [0.4, 0.5) is 0 Å². The van der Waals surface area contributed by atoms with Gasteiger partial charge in [-0.1, -0.05) is 18.2 Å². The van der Waals surface area contributed by atoms with Crippen molar-refractivity contribution in [2.24, 2.45) is 7.05 Å². The first-order valence-electron chi connectivity index (χ1n) is 7.19. The number of rotatable bonds is 4. The van der Waals surface area contributed by atoms with Crippen molar-refractivity contribution in [1.29, 1.82) is 0 Å². The third kappa shape index (κ3) is 2.56. The van der Waals surface area contributed by atoms with Gasteiger partial charge in [0.15, 0.2) is 0 Å². The third-order valence-electron chi connectivity index (χ3n) is 3.76. The molecular weight excluding hydrogens is 264 g/mol. The first-order chi connectivity index (χ1) is 10.1. The molecule has 0 aliphatic rings. The summed E-state index contributed by atoms with van der Waals surface area (Å²) in [6, 6.07) is 8.37. The molecule has 110 valence electrons. The van der Waals surface area contributed by atoms with Crippen LogP contribution in [0.2, 0.25) is 0 Å². The lowest BCUT2D eigenvalue weighted by molar-refractivity contribution is 0.177. The Labute approximate surface area is 123 Å². The number of hydrogen-bond donors (Lipinski definition) is 1. The predicted molar refractivity (Wildman–Crippen MR) is 82.0 cm³/mol. The average Bonchev–Trinajstić information content (AvgIpc) is 3.06. The van der Waals surface area contributed by atoms with E-state index in [9.17, 15) is 5.11 Å². The topological polar surface area (TPSA) is 55.9 Å². The van der Waals surface area contributed by atoms with Gasteiger partial charge in [-0.3, -0.25) is 9.36 Å². The number of fused-ring (bicyclic) bond motifs is 1. The molecule has 1 atom stereocenters. The molecule has 0 aliphatic carbocycles. The molecule has 0 aliphatic heterocycles. The van der Waals surface area contributed by atoms with E-state index in [1.807, 2.05) is 46.9 Å². The molecule has 5 heteroatoms. The van der Waals surface area contributed by atoms with Crippen LogP contribution in [0.5, 0.6) is 0 Å². The van der Waals surface area contributed by atoms with Gasteiger partial charge in [-0.05, 0) is 19.9 Å². The van der Waals surface area contributed by atoms with Crippen LogP contribution in [0, 0.1) is 0 Å². The second-order valence-corrected chi connectivity index (χ2v) is 5.65. The fraction of sp³-hybridized carbons (Fsp3) is 0.375. The first-order valence-corrected chi connectivity index (χ1v) is 7.19. The molecule has 0 amide bonds. The smallest absolute Gasteiger partial charge is 0.0876 e. The normalized spacial score (nSPS) is 13.2. The molecule has 0 fully saturated rings. The van der Waals surface area contributed by atoms with E-state index < -0.39 is 6.10 Å². The zero-order valence-electron chi connectivity index (χ0n) is 12.6. The van der Waals surface area contributed by atoms with Crippen LogP contribution in [0.1, 0.15) is 37.3 Å². The lowest BCUT2D eigenvalue weighted by atomic mass is 10.1. The largest absolute Gasteiger partial charge is 0.388 e. The van der Waals surface area contributed by atoms with Crippen molar-refractivity contribution < 1.29 is 5.11 Å². The van der Waals surface area contributed by atoms with E-state index in [1.54, 1.807) is 6.20 Å². The Morgan fingerprint density at radius 2 is 2.00 bits per heavy atom. The molecule has 5 nitrogen and oxygen atoms in total. The molecule has 1 aromatic carbocycles. The minimum absolute atomic E-state index is 0.293. The Morgan fingerprint density at radius 3 is 2.71 bits per heavy atom. The molecule has 1 unspecified atom stereocenters. The van der Waals surface area contributed by atoms with Crippen molar-refractivity contribution >= 4 is 10.9 Å².